The van der Waals surface area contributed by atoms with E-state index in [4.69, 9.17) is 21.9 Å². The lowest BCUT2D eigenvalue weighted by molar-refractivity contribution is -0.876. The highest BCUT2D eigenvalue weighted by atomic mass is 16.5. The van der Waals surface area contributed by atoms with E-state index >= 15 is 0 Å². The number of benzene rings is 1. The zero-order chi connectivity index (χ0) is 25.0. The number of esters is 1. The second kappa shape index (κ2) is 14.2. The largest absolute Gasteiger partial charge is 0.477 e. The molecule has 0 bridgehead atoms. The number of carbonyl (C=O) groups excluding carboxylic acids is 2. The van der Waals surface area contributed by atoms with Gasteiger partial charge in [0.25, 0.3) is 0 Å². The van der Waals surface area contributed by atoms with Gasteiger partial charge in [0.15, 0.2) is 12.1 Å². The molecule has 1 aliphatic rings. The number of carboxylic acids is 1. The first-order chi connectivity index (χ1) is 16.4. The lowest BCUT2D eigenvalue weighted by Crippen LogP contribution is -2.69. The van der Waals surface area contributed by atoms with Crippen LogP contribution in [0.2, 0.25) is 0 Å². The Balaban J connectivity index is 2.35. The van der Waals surface area contributed by atoms with Crippen molar-refractivity contribution < 1.29 is 28.7 Å². The summed E-state index contributed by atoms with van der Waals surface area (Å²) in [5.41, 5.74) is 18.3. The van der Waals surface area contributed by atoms with E-state index < -0.39 is 34.5 Å². The van der Waals surface area contributed by atoms with Crippen LogP contribution in [-0.2, 0) is 25.7 Å². The van der Waals surface area contributed by atoms with Crippen molar-refractivity contribution in [3.63, 3.8) is 0 Å². The Morgan fingerprint density at radius 2 is 1.65 bits per heavy atom. The van der Waals surface area contributed by atoms with Crippen molar-refractivity contribution in [1.29, 1.82) is 0 Å². The van der Waals surface area contributed by atoms with Gasteiger partial charge in [0.2, 0.25) is 0 Å². The molecule has 0 saturated carbocycles. The maximum Gasteiger partial charge on any atom is 0.365 e. The summed E-state index contributed by atoms with van der Waals surface area (Å²) in [6.45, 7) is 1.36. The summed E-state index contributed by atoms with van der Waals surface area (Å²) in [6, 6.07) is 6.48. The molecule has 0 spiro atoms. The Hall–Kier alpha value is -2.33. The van der Waals surface area contributed by atoms with E-state index in [1.165, 1.54) is 0 Å². The Labute approximate surface area is 202 Å². The van der Waals surface area contributed by atoms with Crippen molar-refractivity contribution in [2.24, 2.45) is 17.2 Å². The number of unbranched alkanes of at least 4 members (excludes halogenated alkanes) is 3. The topological polar surface area (TPSA) is 159 Å². The number of hydrogen-bond donors (Lipinski definition) is 4. The first-order valence-corrected chi connectivity index (χ1v) is 12.4. The highest BCUT2D eigenvalue weighted by Crippen LogP contribution is 2.35. The van der Waals surface area contributed by atoms with Gasteiger partial charge in [-0.2, -0.15) is 0 Å². The molecule has 9 heteroatoms. The van der Waals surface area contributed by atoms with Crippen LogP contribution in [0.15, 0.2) is 30.3 Å². The van der Waals surface area contributed by atoms with E-state index in [0.717, 1.165) is 24.8 Å². The molecule has 4 atom stereocenters. The fourth-order valence-corrected chi connectivity index (χ4v) is 5.00. The van der Waals surface area contributed by atoms with Crippen LogP contribution in [0.5, 0.6) is 0 Å². The molecule has 1 heterocycles. The number of carbonyl (C=O) groups is 3. The van der Waals surface area contributed by atoms with E-state index in [2.05, 4.69) is 0 Å². The Morgan fingerprint density at radius 1 is 1.00 bits per heavy atom. The maximum absolute atomic E-state index is 13.8. The monoisotopic (exact) mass is 477 g/mol. The van der Waals surface area contributed by atoms with Gasteiger partial charge >= 0.3 is 17.8 Å². The second-order valence-corrected chi connectivity index (χ2v) is 9.13. The van der Waals surface area contributed by atoms with Gasteiger partial charge in [0, 0.05) is 19.3 Å². The van der Waals surface area contributed by atoms with Gasteiger partial charge in [-0.25, -0.2) is 18.9 Å². The number of likely N-dealkylation sites (tertiary alicyclic amines) is 1. The van der Waals surface area contributed by atoms with Gasteiger partial charge < -0.3 is 27.0 Å². The van der Waals surface area contributed by atoms with E-state index in [0.29, 0.717) is 51.6 Å². The quantitative estimate of drug-likeness (QED) is 0.169. The van der Waals surface area contributed by atoms with Gasteiger partial charge in [0.05, 0.1) is 6.54 Å². The van der Waals surface area contributed by atoms with Gasteiger partial charge in [-0.15, -0.1) is 0 Å². The van der Waals surface area contributed by atoms with Crippen LogP contribution < -0.4 is 17.2 Å². The zero-order valence-corrected chi connectivity index (χ0v) is 20.1. The van der Waals surface area contributed by atoms with Crippen molar-refractivity contribution in [1.82, 2.24) is 0 Å². The maximum atomic E-state index is 13.8. The van der Waals surface area contributed by atoms with Gasteiger partial charge in [0.1, 0.15) is 12.6 Å². The molecule has 34 heavy (non-hydrogen) atoms. The van der Waals surface area contributed by atoms with E-state index in [1.807, 2.05) is 30.3 Å². The molecular weight excluding hydrogens is 436 g/mol. The van der Waals surface area contributed by atoms with Crippen molar-refractivity contribution >= 4 is 17.8 Å². The van der Waals surface area contributed by atoms with Crippen LogP contribution in [0.3, 0.4) is 0 Å². The van der Waals surface area contributed by atoms with Crippen LogP contribution in [-0.4, -0.2) is 65.2 Å². The van der Waals surface area contributed by atoms with Gasteiger partial charge in [-0.1, -0.05) is 36.8 Å². The molecule has 7 N–H and O–H groups in total. The fraction of sp³-hybridized carbons (Fsp3) is 0.640. The molecule has 2 unspecified atom stereocenters. The molecule has 1 aliphatic heterocycles. The van der Waals surface area contributed by atoms with Crippen molar-refractivity contribution in [2.45, 2.75) is 82.5 Å². The summed E-state index contributed by atoms with van der Waals surface area (Å²) in [6.07, 6.45) is 5.22. The Kier molecular flexibility index (Phi) is 11.6. The summed E-state index contributed by atoms with van der Waals surface area (Å²) in [5.74, 6) is -2.02. The molecule has 1 aromatic rings. The molecule has 1 saturated heterocycles. The third-order valence-electron chi connectivity index (χ3n) is 6.78. The van der Waals surface area contributed by atoms with Crippen LogP contribution in [0.1, 0.15) is 63.4 Å². The molecule has 2 rings (SSSR count). The number of ether oxygens (including phenoxy) is 1. The van der Waals surface area contributed by atoms with Crippen LogP contribution in [0, 0.1) is 0 Å². The second-order valence-electron chi connectivity index (χ2n) is 9.13. The summed E-state index contributed by atoms with van der Waals surface area (Å²) >= 11 is 0. The molecule has 190 valence electrons. The summed E-state index contributed by atoms with van der Waals surface area (Å²) in [5, 5.41) is 10.0. The molecule has 1 fully saturated rings. The molecule has 1 amide bonds. The van der Waals surface area contributed by atoms with Gasteiger partial charge in [-0.3, -0.25) is 0 Å². The molecule has 9 nitrogen and oxygen atoms in total. The lowest BCUT2D eigenvalue weighted by Gasteiger charge is -2.42. The third kappa shape index (κ3) is 7.09. The highest BCUT2D eigenvalue weighted by molar-refractivity contribution is 5.85. The number of nitrogens with two attached hydrogens (primary N) is 3. The van der Waals surface area contributed by atoms with Gasteiger partial charge in [-0.05, 0) is 50.8 Å². The normalized spacial score (nSPS) is 21.7. The predicted molar refractivity (Wildman–Crippen MR) is 129 cm³/mol. The lowest BCUT2D eigenvalue weighted by atomic mass is 9.98. The molecule has 0 aliphatic carbocycles. The number of rotatable bonds is 15. The molecule has 1 aromatic carbocycles. The number of carboxylic acid groups (broad SMARTS) is 1. The summed E-state index contributed by atoms with van der Waals surface area (Å²) in [7, 11) is 0. The Morgan fingerprint density at radius 3 is 2.29 bits per heavy atom. The van der Waals surface area contributed by atoms with Crippen LogP contribution in [0.4, 0.5) is 0 Å². The molecule has 0 aromatic heterocycles. The standard InChI is InChI=1S/C25H40N4O5/c26-15-7-2-5-13-22(25(33)34-18-19-10-3-1-4-11-19)29(17-9-14-21(29)24(31)32)23(30)20(28)12-6-8-16-27/h1,3-4,10-11,20-22H,2,5-9,12-18,26-28H2/p+1/t20-,21-,22?,29?/m0/s1. The highest BCUT2D eigenvalue weighted by Gasteiger charge is 2.60. The van der Waals surface area contributed by atoms with E-state index in [1.54, 1.807) is 0 Å². The van der Waals surface area contributed by atoms with Crippen molar-refractivity contribution in [3.05, 3.63) is 35.9 Å². The number of nitrogens with zero attached hydrogens (tertiary/aromatic N) is 1. The first kappa shape index (κ1) is 27.9. The SMILES string of the molecule is NCCCCCC(C(=O)OCc1ccccc1)[N+]1(C(=O)[C@@H](N)CCCCN)CCC[C@H]1C(=O)O. The number of aliphatic carboxylic acids is 1. The molecule has 0 radical (unpaired) electrons. The Bertz CT molecular complexity index is 791. The first-order valence-electron chi connectivity index (χ1n) is 12.4. The average molecular weight is 478 g/mol. The minimum Gasteiger partial charge on any atom is -0.477 e. The van der Waals surface area contributed by atoms with Crippen molar-refractivity contribution in [3.8, 4) is 0 Å². The van der Waals surface area contributed by atoms with Crippen LogP contribution in [0.25, 0.3) is 0 Å². The minimum atomic E-state index is -1.08. The zero-order valence-electron chi connectivity index (χ0n) is 20.1. The smallest absolute Gasteiger partial charge is 0.365 e. The predicted octanol–water partition coefficient (Wildman–Crippen LogP) is 1.66. The molecular formula is C25H41N4O5+. The number of hydrogen-bond acceptors (Lipinski definition) is 7. The number of amides is 1. The van der Waals surface area contributed by atoms with E-state index in [9.17, 15) is 19.5 Å². The summed E-state index contributed by atoms with van der Waals surface area (Å²) < 4.78 is 5.20. The third-order valence-corrected chi connectivity index (χ3v) is 6.78. The van der Waals surface area contributed by atoms with Crippen LogP contribution >= 0.6 is 0 Å². The number of quaternary nitrogens is 1. The minimum absolute atomic E-state index is 0.0630. The fourth-order valence-electron chi connectivity index (χ4n) is 5.00. The average Bonchev–Trinajstić information content (AvgIpc) is 3.29. The summed E-state index contributed by atoms with van der Waals surface area (Å²) in [4.78, 5) is 39.6. The van der Waals surface area contributed by atoms with E-state index in [-0.39, 0.29) is 19.1 Å². The van der Waals surface area contributed by atoms with Crippen molar-refractivity contribution in [2.75, 3.05) is 19.6 Å².